The van der Waals surface area contributed by atoms with E-state index >= 15 is 0 Å². The highest BCUT2D eigenvalue weighted by molar-refractivity contribution is 5.92. The SMILES string of the molecule is CC(C)Cc1cc(C(=O)N2C[C@H]3C[C@@H](C2)c2ccc([N+](=O)[O-])c(=O)n2C3)n[nH]1. The number of nitrogens with one attached hydrogen (secondary N) is 1. The highest BCUT2D eigenvalue weighted by atomic mass is 16.6. The van der Waals surface area contributed by atoms with Crippen LogP contribution in [0.25, 0.3) is 0 Å². The second kappa shape index (κ2) is 6.88. The molecule has 2 atom stereocenters. The third-order valence-electron chi connectivity index (χ3n) is 5.55. The fraction of sp³-hybridized carbons (Fsp3) is 0.526. The minimum absolute atomic E-state index is 0.000898. The molecule has 0 spiro atoms. The number of pyridine rings is 1. The zero-order chi connectivity index (χ0) is 20.0. The van der Waals surface area contributed by atoms with Gasteiger partial charge in [-0.05, 0) is 36.8 Å². The number of hydrogen-bond donors (Lipinski definition) is 1. The molecule has 0 aromatic carbocycles. The first-order valence-corrected chi connectivity index (χ1v) is 9.55. The maximum Gasteiger partial charge on any atom is 0.334 e. The Morgan fingerprint density at radius 3 is 2.86 bits per heavy atom. The van der Waals surface area contributed by atoms with Crippen LogP contribution in [0.15, 0.2) is 23.0 Å². The molecular weight excluding hydrogens is 362 g/mol. The number of carbonyl (C=O) groups is 1. The number of piperidine rings is 1. The van der Waals surface area contributed by atoms with Gasteiger partial charge < -0.3 is 9.47 Å². The van der Waals surface area contributed by atoms with Gasteiger partial charge in [0, 0.05) is 43.0 Å². The summed E-state index contributed by atoms with van der Waals surface area (Å²) < 4.78 is 1.52. The van der Waals surface area contributed by atoms with Crippen LogP contribution < -0.4 is 5.56 Å². The predicted octanol–water partition coefficient (Wildman–Crippen LogP) is 1.94. The molecule has 1 amide bonds. The number of amides is 1. The average Bonchev–Trinajstić information content (AvgIpc) is 3.09. The Balaban J connectivity index is 1.57. The van der Waals surface area contributed by atoms with Crippen LogP contribution in [-0.4, -0.2) is 43.6 Å². The molecule has 0 saturated carbocycles. The van der Waals surface area contributed by atoms with E-state index in [9.17, 15) is 19.7 Å². The molecule has 0 unspecified atom stereocenters. The quantitative estimate of drug-likeness (QED) is 0.638. The van der Waals surface area contributed by atoms with E-state index in [1.807, 2.05) is 6.07 Å². The van der Waals surface area contributed by atoms with Gasteiger partial charge in [0.15, 0.2) is 0 Å². The second-order valence-corrected chi connectivity index (χ2v) is 8.20. The molecule has 2 aromatic rings. The standard InChI is InChI=1S/C19H23N5O4/c1-11(2)5-14-7-15(21-20-14)18(25)22-8-12-6-13(10-22)16-3-4-17(24(27)28)19(26)23(16)9-12/h3-4,7,11-13H,5-6,8-10H2,1-2H3,(H,20,21)/t12-,13+/m1/s1. The smallest absolute Gasteiger partial charge is 0.334 e. The van der Waals surface area contributed by atoms with Crippen molar-refractivity contribution < 1.29 is 9.72 Å². The minimum Gasteiger partial charge on any atom is -0.336 e. The van der Waals surface area contributed by atoms with E-state index in [0.29, 0.717) is 31.2 Å². The maximum atomic E-state index is 12.9. The molecule has 9 nitrogen and oxygen atoms in total. The second-order valence-electron chi connectivity index (χ2n) is 8.20. The molecule has 28 heavy (non-hydrogen) atoms. The Bertz CT molecular complexity index is 992. The number of carbonyl (C=O) groups excluding carboxylic acids is 1. The van der Waals surface area contributed by atoms with Gasteiger partial charge in [-0.3, -0.25) is 24.8 Å². The van der Waals surface area contributed by atoms with Crippen molar-refractivity contribution in [2.75, 3.05) is 13.1 Å². The summed E-state index contributed by atoms with van der Waals surface area (Å²) >= 11 is 0. The summed E-state index contributed by atoms with van der Waals surface area (Å²) in [6, 6.07) is 4.75. The maximum absolute atomic E-state index is 12.9. The van der Waals surface area contributed by atoms with E-state index in [1.54, 1.807) is 11.0 Å². The number of rotatable bonds is 4. The van der Waals surface area contributed by atoms with Gasteiger partial charge in [-0.1, -0.05) is 13.8 Å². The zero-order valence-corrected chi connectivity index (χ0v) is 15.9. The van der Waals surface area contributed by atoms with Crippen LogP contribution in [0.4, 0.5) is 5.69 Å². The van der Waals surface area contributed by atoms with Crippen molar-refractivity contribution in [3.63, 3.8) is 0 Å². The van der Waals surface area contributed by atoms with Crippen LogP contribution in [-0.2, 0) is 13.0 Å². The van der Waals surface area contributed by atoms with Gasteiger partial charge in [-0.15, -0.1) is 0 Å². The van der Waals surface area contributed by atoms with Gasteiger partial charge in [0.25, 0.3) is 5.91 Å². The number of nitro groups is 1. The lowest BCUT2D eigenvalue weighted by Gasteiger charge is -2.42. The Morgan fingerprint density at radius 2 is 2.14 bits per heavy atom. The van der Waals surface area contributed by atoms with Crippen LogP contribution in [0.5, 0.6) is 0 Å². The summed E-state index contributed by atoms with van der Waals surface area (Å²) in [4.78, 5) is 37.6. The normalized spacial score (nSPS) is 20.9. The molecule has 9 heteroatoms. The third-order valence-corrected chi connectivity index (χ3v) is 5.55. The lowest BCUT2D eigenvalue weighted by Crippen LogP contribution is -2.49. The molecule has 0 radical (unpaired) electrons. The van der Waals surface area contributed by atoms with Gasteiger partial charge in [0.2, 0.25) is 0 Å². The van der Waals surface area contributed by atoms with Gasteiger partial charge in [-0.2, -0.15) is 5.10 Å². The summed E-state index contributed by atoms with van der Waals surface area (Å²) in [5.41, 5.74) is 1.18. The zero-order valence-electron chi connectivity index (χ0n) is 15.9. The first-order chi connectivity index (χ1) is 13.3. The first kappa shape index (κ1) is 18.4. The molecule has 2 aliphatic rings. The fourth-order valence-electron chi connectivity index (χ4n) is 4.42. The average molecular weight is 385 g/mol. The summed E-state index contributed by atoms with van der Waals surface area (Å²) in [6.07, 6.45) is 1.71. The molecule has 2 aromatic heterocycles. The summed E-state index contributed by atoms with van der Waals surface area (Å²) in [7, 11) is 0. The summed E-state index contributed by atoms with van der Waals surface area (Å²) in [5.74, 6) is 0.457. The molecular formula is C19H23N5O4. The lowest BCUT2D eigenvalue weighted by molar-refractivity contribution is -0.386. The van der Waals surface area contributed by atoms with Gasteiger partial charge >= 0.3 is 11.2 Å². The van der Waals surface area contributed by atoms with Crippen molar-refractivity contribution in [2.24, 2.45) is 11.8 Å². The van der Waals surface area contributed by atoms with E-state index in [-0.39, 0.29) is 17.7 Å². The van der Waals surface area contributed by atoms with Crippen molar-refractivity contribution >= 4 is 11.6 Å². The Labute approximate surface area is 161 Å². The van der Waals surface area contributed by atoms with Crippen LogP contribution in [0.2, 0.25) is 0 Å². The Morgan fingerprint density at radius 1 is 1.36 bits per heavy atom. The van der Waals surface area contributed by atoms with Crippen molar-refractivity contribution in [3.8, 4) is 0 Å². The molecule has 148 valence electrons. The molecule has 0 aliphatic carbocycles. The Hall–Kier alpha value is -2.97. The number of fused-ring (bicyclic) bond motifs is 4. The number of aromatic amines is 1. The molecule has 2 aliphatic heterocycles. The van der Waals surface area contributed by atoms with Crippen molar-refractivity contribution in [1.29, 1.82) is 0 Å². The predicted molar refractivity (Wildman–Crippen MR) is 101 cm³/mol. The fourth-order valence-corrected chi connectivity index (χ4v) is 4.42. The van der Waals surface area contributed by atoms with Crippen molar-refractivity contribution in [3.05, 3.63) is 55.7 Å². The largest absolute Gasteiger partial charge is 0.336 e. The van der Waals surface area contributed by atoms with Crippen LogP contribution in [0.1, 0.15) is 48.1 Å². The highest BCUT2D eigenvalue weighted by Gasteiger charge is 2.38. The van der Waals surface area contributed by atoms with Gasteiger partial charge in [0.1, 0.15) is 5.69 Å². The number of hydrogen-bond acceptors (Lipinski definition) is 5. The van der Waals surface area contributed by atoms with Crippen LogP contribution in [0.3, 0.4) is 0 Å². The van der Waals surface area contributed by atoms with E-state index in [1.165, 1.54) is 10.6 Å². The monoisotopic (exact) mass is 385 g/mol. The topological polar surface area (TPSA) is 114 Å². The number of aromatic nitrogens is 3. The number of H-pyrrole nitrogens is 1. The van der Waals surface area contributed by atoms with Gasteiger partial charge in [0.05, 0.1) is 4.92 Å². The van der Waals surface area contributed by atoms with Gasteiger partial charge in [-0.25, -0.2) is 0 Å². The van der Waals surface area contributed by atoms with Crippen molar-refractivity contribution in [1.82, 2.24) is 19.7 Å². The summed E-state index contributed by atoms with van der Waals surface area (Å²) in [6.45, 7) is 5.63. The minimum atomic E-state index is -0.637. The van der Waals surface area contributed by atoms with Crippen LogP contribution >= 0.6 is 0 Å². The molecule has 4 heterocycles. The number of nitrogens with zero attached hydrogens (tertiary/aromatic N) is 4. The lowest BCUT2D eigenvalue weighted by atomic mass is 9.83. The highest BCUT2D eigenvalue weighted by Crippen LogP contribution is 2.36. The molecule has 1 saturated heterocycles. The third kappa shape index (κ3) is 3.21. The van der Waals surface area contributed by atoms with Crippen molar-refractivity contribution in [2.45, 2.75) is 39.2 Å². The molecule has 4 rings (SSSR count). The van der Waals surface area contributed by atoms with E-state index in [0.717, 1.165) is 24.2 Å². The Kier molecular flexibility index (Phi) is 4.52. The van der Waals surface area contributed by atoms with E-state index < -0.39 is 16.2 Å². The van der Waals surface area contributed by atoms with E-state index in [4.69, 9.17) is 0 Å². The summed E-state index contributed by atoms with van der Waals surface area (Å²) in [5, 5.41) is 18.2. The molecule has 2 bridgehead atoms. The first-order valence-electron chi connectivity index (χ1n) is 9.55. The molecule has 1 fully saturated rings. The van der Waals surface area contributed by atoms with Crippen LogP contribution in [0, 0.1) is 22.0 Å². The number of likely N-dealkylation sites (tertiary alicyclic amines) is 1. The van der Waals surface area contributed by atoms with E-state index in [2.05, 4.69) is 24.0 Å². The molecule has 1 N–H and O–H groups in total.